The topological polar surface area (TPSA) is 75.9 Å². The zero-order valence-corrected chi connectivity index (χ0v) is 21.0. The molecule has 0 spiro atoms. The molecule has 8 nitrogen and oxygen atoms in total. The molecule has 0 bridgehead atoms. The molecule has 0 unspecified atom stereocenters. The molecular formula is C27H26N6O2S. The molecule has 9 heteroatoms. The first-order chi connectivity index (χ1) is 17.6. The Morgan fingerprint density at radius 1 is 1.08 bits per heavy atom. The average molecular weight is 499 g/mol. The van der Waals surface area contributed by atoms with Crippen molar-refractivity contribution in [2.24, 2.45) is 0 Å². The minimum atomic E-state index is 0.0295. The number of carbonyl (C=O) groups excluding carboxylic acids is 1. The summed E-state index contributed by atoms with van der Waals surface area (Å²) in [6, 6.07) is 19.8. The normalized spacial score (nSPS) is 16.1. The third kappa shape index (κ3) is 3.95. The van der Waals surface area contributed by atoms with Crippen LogP contribution in [0.5, 0.6) is 5.75 Å². The van der Waals surface area contributed by atoms with Crippen LogP contribution in [-0.4, -0.2) is 63.2 Å². The zero-order valence-electron chi connectivity index (χ0n) is 20.2. The molecule has 1 fully saturated rings. The summed E-state index contributed by atoms with van der Waals surface area (Å²) < 4.78 is 7.38. The first-order valence-electron chi connectivity index (χ1n) is 12.0. The van der Waals surface area contributed by atoms with Crippen molar-refractivity contribution in [3.05, 3.63) is 71.6 Å². The van der Waals surface area contributed by atoms with Crippen LogP contribution in [0.2, 0.25) is 0 Å². The minimum absolute atomic E-state index is 0.0295. The van der Waals surface area contributed by atoms with Crippen LogP contribution in [-0.2, 0) is 11.2 Å². The molecular weight excluding hydrogens is 472 g/mol. The largest absolute Gasteiger partial charge is 0.497 e. The van der Waals surface area contributed by atoms with Gasteiger partial charge in [0, 0.05) is 31.1 Å². The Morgan fingerprint density at radius 3 is 2.78 bits per heavy atom. The van der Waals surface area contributed by atoms with Crippen LogP contribution in [0.4, 0.5) is 5.95 Å². The summed E-state index contributed by atoms with van der Waals surface area (Å²) in [5, 5.41) is 12.1. The molecule has 36 heavy (non-hydrogen) atoms. The van der Waals surface area contributed by atoms with Crippen molar-refractivity contribution in [1.29, 1.82) is 0 Å². The highest BCUT2D eigenvalue weighted by Gasteiger charge is 2.30. The van der Waals surface area contributed by atoms with Crippen molar-refractivity contribution in [3.8, 4) is 16.5 Å². The fourth-order valence-corrected chi connectivity index (χ4v) is 5.61. The Bertz CT molecular complexity index is 1550. The van der Waals surface area contributed by atoms with Crippen LogP contribution in [0.3, 0.4) is 0 Å². The maximum Gasteiger partial charge on any atom is 0.227 e. The number of amides is 1. The number of carbonyl (C=O) groups is 1. The predicted octanol–water partition coefficient (Wildman–Crippen LogP) is 4.29. The van der Waals surface area contributed by atoms with E-state index < -0.39 is 0 Å². The van der Waals surface area contributed by atoms with Gasteiger partial charge in [-0.05, 0) is 48.2 Å². The maximum atomic E-state index is 13.2. The Balaban J connectivity index is 1.31. The maximum absolute atomic E-state index is 13.2. The van der Waals surface area contributed by atoms with E-state index in [1.54, 1.807) is 18.4 Å². The van der Waals surface area contributed by atoms with Gasteiger partial charge in [0.25, 0.3) is 0 Å². The number of para-hydroxylation sites is 1. The van der Waals surface area contributed by atoms with Crippen LogP contribution in [0, 0.1) is 0 Å². The zero-order chi connectivity index (χ0) is 24.6. The fourth-order valence-electron chi connectivity index (χ4n) is 4.91. The van der Waals surface area contributed by atoms with Crippen molar-refractivity contribution in [3.63, 3.8) is 0 Å². The molecule has 0 aliphatic carbocycles. The van der Waals surface area contributed by atoms with Crippen molar-refractivity contribution in [2.75, 3.05) is 31.6 Å². The van der Waals surface area contributed by atoms with E-state index in [9.17, 15) is 4.79 Å². The SMILES string of the molecule is COc1cccc(CC(=O)N2CCN(c3nc4ccccc4c4nnc(-c5cccs5)n34)C[C@@H]2C)c1. The second-order valence-electron chi connectivity index (χ2n) is 9.00. The van der Waals surface area contributed by atoms with Crippen molar-refractivity contribution in [1.82, 2.24) is 24.5 Å². The van der Waals surface area contributed by atoms with E-state index in [2.05, 4.69) is 32.5 Å². The lowest BCUT2D eigenvalue weighted by atomic mass is 10.1. The molecule has 0 N–H and O–H groups in total. The van der Waals surface area contributed by atoms with Gasteiger partial charge in [0.1, 0.15) is 5.75 Å². The molecule has 4 heterocycles. The van der Waals surface area contributed by atoms with Gasteiger partial charge in [0.05, 0.1) is 23.9 Å². The minimum Gasteiger partial charge on any atom is -0.497 e. The number of fused-ring (bicyclic) bond motifs is 3. The van der Waals surface area contributed by atoms with E-state index in [1.165, 1.54) is 0 Å². The van der Waals surface area contributed by atoms with Gasteiger partial charge in [-0.15, -0.1) is 21.5 Å². The summed E-state index contributed by atoms with van der Waals surface area (Å²) in [4.78, 5) is 23.5. The summed E-state index contributed by atoms with van der Waals surface area (Å²) in [7, 11) is 1.64. The molecule has 6 rings (SSSR count). The van der Waals surface area contributed by atoms with Gasteiger partial charge in [-0.1, -0.05) is 30.3 Å². The number of piperazine rings is 1. The predicted molar refractivity (Wildman–Crippen MR) is 142 cm³/mol. The number of aromatic nitrogens is 4. The summed E-state index contributed by atoms with van der Waals surface area (Å²) in [6.45, 7) is 4.07. The average Bonchev–Trinajstić information content (AvgIpc) is 3.58. The number of thiophene rings is 1. The summed E-state index contributed by atoms with van der Waals surface area (Å²) >= 11 is 1.63. The smallest absolute Gasteiger partial charge is 0.227 e. The van der Waals surface area contributed by atoms with Crippen LogP contribution >= 0.6 is 11.3 Å². The van der Waals surface area contributed by atoms with Gasteiger partial charge in [-0.2, -0.15) is 0 Å². The molecule has 182 valence electrons. The Hall–Kier alpha value is -3.98. The molecule has 3 aromatic heterocycles. The Labute approximate surface area is 212 Å². The lowest BCUT2D eigenvalue weighted by Crippen LogP contribution is -2.55. The third-order valence-corrected chi connectivity index (χ3v) is 7.56. The molecule has 0 radical (unpaired) electrons. The van der Waals surface area contributed by atoms with E-state index in [1.807, 2.05) is 64.9 Å². The molecule has 5 aromatic rings. The first kappa shape index (κ1) is 22.5. The van der Waals surface area contributed by atoms with Gasteiger partial charge < -0.3 is 14.5 Å². The Kier molecular flexibility index (Phi) is 5.77. The molecule has 1 saturated heterocycles. The number of methoxy groups -OCH3 is 1. The van der Waals surface area contributed by atoms with Crippen molar-refractivity contribution in [2.45, 2.75) is 19.4 Å². The van der Waals surface area contributed by atoms with Crippen molar-refractivity contribution < 1.29 is 9.53 Å². The fraction of sp³-hybridized carbons (Fsp3) is 0.259. The van der Waals surface area contributed by atoms with Crippen molar-refractivity contribution >= 4 is 39.7 Å². The molecule has 1 aliphatic heterocycles. The van der Waals surface area contributed by atoms with Crippen LogP contribution in [0.25, 0.3) is 27.3 Å². The third-order valence-electron chi connectivity index (χ3n) is 6.69. The van der Waals surface area contributed by atoms with E-state index in [0.29, 0.717) is 26.1 Å². The number of ether oxygens (including phenoxy) is 1. The molecule has 1 amide bonds. The van der Waals surface area contributed by atoms with Gasteiger partial charge in [0.2, 0.25) is 11.9 Å². The Morgan fingerprint density at radius 2 is 1.97 bits per heavy atom. The molecule has 1 atom stereocenters. The van der Waals surface area contributed by atoms with E-state index in [4.69, 9.17) is 9.72 Å². The number of rotatable bonds is 5. The highest BCUT2D eigenvalue weighted by atomic mass is 32.1. The van der Waals surface area contributed by atoms with Gasteiger partial charge in [-0.3, -0.25) is 4.79 Å². The number of anilines is 1. The second-order valence-corrected chi connectivity index (χ2v) is 9.95. The van der Waals surface area contributed by atoms with E-state index >= 15 is 0 Å². The van der Waals surface area contributed by atoms with E-state index in [0.717, 1.165) is 44.5 Å². The summed E-state index contributed by atoms with van der Waals surface area (Å²) in [5.41, 5.74) is 2.63. The van der Waals surface area contributed by atoms with Crippen LogP contribution in [0.15, 0.2) is 66.0 Å². The molecule has 0 saturated carbocycles. The number of hydrogen-bond acceptors (Lipinski definition) is 7. The highest BCUT2D eigenvalue weighted by Crippen LogP contribution is 2.31. The summed E-state index contributed by atoms with van der Waals surface area (Å²) in [5.74, 6) is 2.48. The second kappa shape index (κ2) is 9.23. The monoisotopic (exact) mass is 498 g/mol. The van der Waals surface area contributed by atoms with Crippen LogP contribution < -0.4 is 9.64 Å². The highest BCUT2D eigenvalue weighted by molar-refractivity contribution is 7.13. The number of nitrogens with zero attached hydrogens (tertiary/aromatic N) is 6. The number of benzene rings is 2. The molecule has 1 aliphatic rings. The van der Waals surface area contributed by atoms with Gasteiger partial charge >= 0.3 is 0 Å². The lowest BCUT2D eigenvalue weighted by molar-refractivity contribution is -0.132. The number of hydrogen-bond donors (Lipinski definition) is 0. The van der Waals surface area contributed by atoms with Gasteiger partial charge in [-0.25, -0.2) is 9.38 Å². The lowest BCUT2D eigenvalue weighted by Gasteiger charge is -2.40. The standard InChI is InChI=1S/C27H26N6O2S/c1-18-17-31(12-13-32(18)24(34)16-19-7-5-8-20(15-19)35-2)27-28-22-10-4-3-9-21(22)25-29-30-26(33(25)27)23-11-6-14-36-23/h3-11,14-15,18H,12-13,16-17H2,1-2H3/t18-/m0/s1. The molecule has 2 aromatic carbocycles. The quantitative estimate of drug-likeness (QED) is 0.360. The van der Waals surface area contributed by atoms with Crippen LogP contribution in [0.1, 0.15) is 12.5 Å². The first-order valence-corrected chi connectivity index (χ1v) is 12.9. The summed E-state index contributed by atoms with van der Waals surface area (Å²) in [6.07, 6.45) is 0.355. The van der Waals surface area contributed by atoms with Gasteiger partial charge in [0.15, 0.2) is 11.5 Å². The van der Waals surface area contributed by atoms with E-state index in [-0.39, 0.29) is 11.9 Å².